The molecule has 8 heteroatoms. The lowest BCUT2D eigenvalue weighted by Gasteiger charge is -2.35. The number of piperazine rings is 1. The highest BCUT2D eigenvalue weighted by Crippen LogP contribution is 2.27. The van der Waals surface area contributed by atoms with Crippen LogP contribution in [-0.4, -0.2) is 56.7 Å². The predicted octanol–water partition coefficient (Wildman–Crippen LogP) is 4.12. The van der Waals surface area contributed by atoms with Crippen molar-refractivity contribution in [3.05, 3.63) is 78.0 Å². The van der Waals surface area contributed by atoms with E-state index in [0.717, 1.165) is 34.8 Å². The molecule has 174 valence electrons. The summed E-state index contributed by atoms with van der Waals surface area (Å²) in [4.78, 5) is 26.5. The van der Waals surface area contributed by atoms with Gasteiger partial charge in [0.2, 0.25) is 0 Å². The molecule has 5 rings (SSSR count). The second-order valence-electron chi connectivity index (χ2n) is 8.95. The monoisotopic (exact) mass is 458 g/mol. The molecule has 0 radical (unpaired) electrons. The third-order valence-electron chi connectivity index (χ3n) is 6.02. The number of rotatable bonds is 5. The molecule has 1 aliphatic rings. The van der Waals surface area contributed by atoms with E-state index in [4.69, 9.17) is 9.97 Å². The van der Waals surface area contributed by atoms with E-state index >= 15 is 0 Å². The number of hydrogen-bond acceptors (Lipinski definition) is 5. The first kappa shape index (κ1) is 22.0. The lowest BCUT2D eigenvalue weighted by molar-refractivity contribution is 0.0742. The maximum Gasteiger partial charge on any atom is 0.256 e. The van der Waals surface area contributed by atoms with E-state index in [1.54, 1.807) is 17.0 Å². The molecule has 3 heterocycles. The molecule has 0 unspecified atom stereocenters. The Morgan fingerprint density at radius 3 is 2.38 bits per heavy atom. The molecule has 2 aromatic carbocycles. The summed E-state index contributed by atoms with van der Waals surface area (Å²) < 4.78 is 16.0. The molecule has 1 saturated heterocycles. The molecule has 2 aromatic heterocycles. The summed E-state index contributed by atoms with van der Waals surface area (Å²) in [6.45, 7) is 6.48. The van der Waals surface area contributed by atoms with Crippen molar-refractivity contribution in [3.8, 4) is 5.69 Å². The second-order valence-corrected chi connectivity index (χ2v) is 8.95. The fourth-order valence-electron chi connectivity index (χ4n) is 4.32. The highest BCUT2D eigenvalue weighted by atomic mass is 19.1. The number of hydrogen-bond donors (Lipinski definition) is 0. The van der Waals surface area contributed by atoms with Crippen molar-refractivity contribution in [2.24, 2.45) is 5.92 Å². The number of fused-ring (bicyclic) bond motifs is 1. The number of para-hydroxylation sites is 1. The summed E-state index contributed by atoms with van der Waals surface area (Å²) in [6, 6.07) is 16.1. The molecule has 34 heavy (non-hydrogen) atoms. The van der Waals surface area contributed by atoms with Crippen LogP contribution < -0.4 is 4.90 Å². The number of halogens is 1. The molecule has 0 N–H and O–H groups in total. The van der Waals surface area contributed by atoms with Gasteiger partial charge in [-0.1, -0.05) is 44.2 Å². The first-order chi connectivity index (χ1) is 16.5. The maximum absolute atomic E-state index is 14.1. The summed E-state index contributed by atoms with van der Waals surface area (Å²) >= 11 is 0. The van der Waals surface area contributed by atoms with E-state index in [2.05, 4.69) is 23.8 Å². The lowest BCUT2D eigenvalue weighted by Crippen LogP contribution is -2.49. The highest BCUT2D eigenvalue weighted by Gasteiger charge is 2.27. The maximum atomic E-state index is 14.1. The van der Waals surface area contributed by atoms with Crippen LogP contribution in [0.4, 0.5) is 10.2 Å². The fourth-order valence-corrected chi connectivity index (χ4v) is 4.32. The Bertz CT molecular complexity index is 1310. The number of benzene rings is 2. The van der Waals surface area contributed by atoms with Crippen molar-refractivity contribution in [3.63, 3.8) is 0 Å². The molecule has 0 spiro atoms. The minimum atomic E-state index is -0.487. The van der Waals surface area contributed by atoms with E-state index in [0.29, 0.717) is 32.1 Å². The standard InChI is InChI=1S/C26H27FN6O/c1-18(2)16-23-29-24(21-17-28-33(25(21)30-23)19-8-4-3-5-9-19)31-12-14-32(15-13-31)26(34)20-10-6-7-11-22(20)27/h3-11,17-18H,12-16H2,1-2H3. The normalized spacial score (nSPS) is 14.2. The van der Waals surface area contributed by atoms with Gasteiger partial charge in [0.15, 0.2) is 5.65 Å². The van der Waals surface area contributed by atoms with Gasteiger partial charge in [-0.15, -0.1) is 0 Å². The predicted molar refractivity (Wildman–Crippen MR) is 130 cm³/mol. The summed E-state index contributed by atoms with van der Waals surface area (Å²) in [7, 11) is 0. The number of carbonyl (C=O) groups is 1. The van der Waals surface area contributed by atoms with Crippen molar-refractivity contribution in [1.82, 2.24) is 24.6 Å². The Balaban J connectivity index is 1.45. The Kier molecular flexibility index (Phi) is 5.96. The van der Waals surface area contributed by atoms with Crippen LogP contribution in [0.2, 0.25) is 0 Å². The van der Waals surface area contributed by atoms with Crippen LogP contribution in [0.25, 0.3) is 16.7 Å². The van der Waals surface area contributed by atoms with Gasteiger partial charge in [-0.25, -0.2) is 19.0 Å². The van der Waals surface area contributed by atoms with Gasteiger partial charge in [0.1, 0.15) is 17.5 Å². The lowest BCUT2D eigenvalue weighted by atomic mass is 10.1. The largest absolute Gasteiger partial charge is 0.352 e. The van der Waals surface area contributed by atoms with Gasteiger partial charge >= 0.3 is 0 Å². The molecule has 1 fully saturated rings. The summed E-state index contributed by atoms with van der Waals surface area (Å²) in [6.07, 6.45) is 2.57. The van der Waals surface area contributed by atoms with Gasteiger partial charge in [0, 0.05) is 32.6 Å². The van der Waals surface area contributed by atoms with E-state index in [9.17, 15) is 9.18 Å². The molecule has 0 atom stereocenters. The van der Waals surface area contributed by atoms with Gasteiger partial charge in [-0.3, -0.25) is 4.79 Å². The zero-order chi connectivity index (χ0) is 23.7. The Hall–Kier alpha value is -3.81. The van der Waals surface area contributed by atoms with Crippen LogP contribution in [-0.2, 0) is 6.42 Å². The van der Waals surface area contributed by atoms with Gasteiger partial charge in [0.05, 0.1) is 22.8 Å². The second kappa shape index (κ2) is 9.21. The third-order valence-corrected chi connectivity index (χ3v) is 6.02. The minimum Gasteiger partial charge on any atom is -0.352 e. The molecular weight excluding hydrogens is 431 g/mol. The van der Waals surface area contributed by atoms with Crippen molar-refractivity contribution in [2.45, 2.75) is 20.3 Å². The molecule has 7 nitrogen and oxygen atoms in total. The molecule has 0 saturated carbocycles. The molecule has 1 aliphatic heterocycles. The Morgan fingerprint density at radius 1 is 0.971 bits per heavy atom. The first-order valence-corrected chi connectivity index (χ1v) is 11.6. The van der Waals surface area contributed by atoms with Crippen LogP contribution in [0.1, 0.15) is 30.0 Å². The average molecular weight is 459 g/mol. The van der Waals surface area contributed by atoms with Crippen LogP contribution in [0.15, 0.2) is 60.8 Å². The van der Waals surface area contributed by atoms with Crippen LogP contribution >= 0.6 is 0 Å². The minimum absolute atomic E-state index is 0.115. The molecule has 0 aliphatic carbocycles. The molecular formula is C26H27FN6O. The Morgan fingerprint density at radius 2 is 1.68 bits per heavy atom. The summed E-state index contributed by atoms with van der Waals surface area (Å²) in [5, 5.41) is 5.50. The quantitative estimate of drug-likeness (QED) is 0.450. The number of anilines is 1. The number of amides is 1. The van der Waals surface area contributed by atoms with Crippen molar-refractivity contribution >= 4 is 22.8 Å². The average Bonchev–Trinajstić information content (AvgIpc) is 3.28. The number of aromatic nitrogens is 4. The van der Waals surface area contributed by atoms with E-state index in [-0.39, 0.29) is 11.5 Å². The molecule has 0 bridgehead atoms. The van der Waals surface area contributed by atoms with E-state index in [1.165, 1.54) is 12.1 Å². The molecule has 4 aromatic rings. The Labute approximate surface area is 197 Å². The van der Waals surface area contributed by atoms with Crippen molar-refractivity contribution < 1.29 is 9.18 Å². The topological polar surface area (TPSA) is 67.2 Å². The third kappa shape index (κ3) is 4.23. The van der Waals surface area contributed by atoms with Gasteiger partial charge < -0.3 is 9.80 Å². The van der Waals surface area contributed by atoms with Gasteiger partial charge in [0.25, 0.3) is 5.91 Å². The SMILES string of the molecule is CC(C)Cc1nc(N2CCN(C(=O)c3ccccc3F)CC2)c2cnn(-c3ccccc3)c2n1. The van der Waals surface area contributed by atoms with E-state index < -0.39 is 5.82 Å². The molecule has 1 amide bonds. The van der Waals surface area contributed by atoms with Crippen LogP contribution in [0.3, 0.4) is 0 Å². The summed E-state index contributed by atoms with van der Waals surface area (Å²) in [5.41, 5.74) is 1.83. The highest BCUT2D eigenvalue weighted by molar-refractivity contribution is 5.95. The van der Waals surface area contributed by atoms with Crippen LogP contribution in [0, 0.1) is 11.7 Å². The van der Waals surface area contributed by atoms with E-state index in [1.807, 2.05) is 41.2 Å². The zero-order valence-electron chi connectivity index (χ0n) is 19.4. The fraction of sp³-hybridized carbons (Fsp3) is 0.308. The van der Waals surface area contributed by atoms with Crippen molar-refractivity contribution in [1.29, 1.82) is 0 Å². The first-order valence-electron chi connectivity index (χ1n) is 11.6. The van der Waals surface area contributed by atoms with Crippen molar-refractivity contribution in [2.75, 3.05) is 31.1 Å². The number of carbonyl (C=O) groups excluding carboxylic acids is 1. The smallest absolute Gasteiger partial charge is 0.256 e. The number of nitrogens with zero attached hydrogens (tertiary/aromatic N) is 6. The summed E-state index contributed by atoms with van der Waals surface area (Å²) in [5.74, 6) is 1.26. The zero-order valence-corrected chi connectivity index (χ0v) is 19.4. The van der Waals surface area contributed by atoms with Gasteiger partial charge in [-0.05, 0) is 30.2 Å². The van der Waals surface area contributed by atoms with Crippen LogP contribution in [0.5, 0.6) is 0 Å². The van der Waals surface area contributed by atoms with Gasteiger partial charge in [-0.2, -0.15) is 5.10 Å².